The van der Waals surface area contributed by atoms with Crippen LogP contribution in [0.15, 0.2) is 18.2 Å². The van der Waals surface area contributed by atoms with Gasteiger partial charge in [-0.2, -0.15) is 0 Å². The van der Waals surface area contributed by atoms with Crippen LogP contribution in [0, 0.1) is 5.82 Å². The van der Waals surface area contributed by atoms with E-state index in [1.807, 2.05) is 19.9 Å². The molecule has 2 nitrogen and oxygen atoms in total. The molecule has 0 amide bonds. The van der Waals surface area contributed by atoms with E-state index in [4.69, 9.17) is 17.3 Å². The maximum absolute atomic E-state index is 13.5. The Morgan fingerprint density at radius 1 is 1.38 bits per heavy atom. The molecule has 16 heavy (non-hydrogen) atoms. The molecule has 0 unspecified atom stereocenters. The number of benzene rings is 1. The summed E-state index contributed by atoms with van der Waals surface area (Å²) in [6.07, 6.45) is 0. The Bertz CT molecular complexity index is 552. The van der Waals surface area contributed by atoms with Crippen molar-refractivity contribution in [1.82, 2.24) is 4.98 Å². The average molecular weight is 239 g/mol. The number of pyridine rings is 1. The molecule has 1 aromatic heterocycles. The van der Waals surface area contributed by atoms with Crippen molar-refractivity contribution in [3.8, 4) is 0 Å². The molecule has 0 spiro atoms. The molecule has 0 bridgehead atoms. The lowest BCUT2D eigenvalue weighted by Crippen LogP contribution is -2.01. The van der Waals surface area contributed by atoms with Crippen molar-refractivity contribution in [1.29, 1.82) is 0 Å². The maximum Gasteiger partial charge on any atom is 0.149 e. The summed E-state index contributed by atoms with van der Waals surface area (Å²) in [6.45, 7) is 4.01. The summed E-state index contributed by atoms with van der Waals surface area (Å²) in [5.74, 6) is 0.196. The lowest BCUT2D eigenvalue weighted by Gasteiger charge is -2.11. The van der Waals surface area contributed by atoms with E-state index >= 15 is 0 Å². The van der Waals surface area contributed by atoms with Gasteiger partial charge in [-0.1, -0.05) is 25.4 Å². The minimum Gasteiger partial charge on any atom is -0.383 e. The molecular formula is C12H12ClFN2. The van der Waals surface area contributed by atoms with Crippen LogP contribution in [0.4, 0.5) is 10.2 Å². The average Bonchev–Trinajstić information content (AvgIpc) is 2.23. The van der Waals surface area contributed by atoms with Crippen molar-refractivity contribution in [2.24, 2.45) is 0 Å². The molecule has 2 N–H and O–H groups in total. The monoisotopic (exact) mass is 238 g/mol. The van der Waals surface area contributed by atoms with Crippen LogP contribution < -0.4 is 5.73 Å². The Balaban J connectivity index is 2.84. The molecule has 1 aromatic carbocycles. The molecule has 4 heteroatoms. The fraction of sp³-hybridized carbons (Fsp3) is 0.250. The van der Waals surface area contributed by atoms with E-state index in [9.17, 15) is 4.39 Å². The number of hydrogen-bond donors (Lipinski definition) is 1. The van der Waals surface area contributed by atoms with Crippen LogP contribution in [0.5, 0.6) is 0 Å². The Hall–Kier alpha value is -1.35. The predicted octanol–water partition coefficient (Wildman–Crippen LogP) is 3.73. The summed E-state index contributed by atoms with van der Waals surface area (Å²) in [5.41, 5.74) is 6.91. The van der Waals surface area contributed by atoms with Crippen molar-refractivity contribution in [2.75, 3.05) is 5.73 Å². The number of hydrogen-bond acceptors (Lipinski definition) is 2. The zero-order valence-corrected chi connectivity index (χ0v) is 9.85. The third-order valence-corrected chi connectivity index (χ3v) is 2.89. The molecule has 0 saturated carbocycles. The number of fused-ring (bicyclic) bond motifs is 1. The number of nitrogens with zero attached hydrogens (tertiary/aromatic N) is 1. The van der Waals surface area contributed by atoms with Gasteiger partial charge in [-0.25, -0.2) is 9.37 Å². The Labute approximate surface area is 98.2 Å². The van der Waals surface area contributed by atoms with Crippen molar-refractivity contribution < 1.29 is 4.39 Å². The fourth-order valence-corrected chi connectivity index (χ4v) is 1.89. The minimum atomic E-state index is -0.401. The second kappa shape index (κ2) is 3.91. The molecule has 2 rings (SSSR count). The molecule has 0 fully saturated rings. The number of nitrogen functional groups attached to an aromatic ring is 1. The zero-order valence-electron chi connectivity index (χ0n) is 9.09. The molecule has 0 saturated heterocycles. The van der Waals surface area contributed by atoms with Gasteiger partial charge in [0.05, 0.1) is 5.02 Å². The van der Waals surface area contributed by atoms with Gasteiger partial charge in [0.2, 0.25) is 0 Å². The highest BCUT2D eigenvalue weighted by Crippen LogP contribution is 2.30. The van der Waals surface area contributed by atoms with Gasteiger partial charge in [-0.05, 0) is 29.7 Å². The number of halogens is 2. The number of rotatable bonds is 1. The lowest BCUT2D eigenvalue weighted by molar-refractivity contribution is 0.637. The highest BCUT2D eigenvalue weighted by Gasteiger charge is 2.12. The fourth-order valence-electron chi connectivity index (χ4n) is 1.68. The lowest BCUT2D eigenvalue weighted by atomic mass is 10.0. The summed E-state index contributed by atoms with van der Waals surface area (Å²) < 4.78 is 13.5. The summed E-state index contributed by atoms with van der Waals surface area (Å²) >= 11 is 6.01. The Morgan fingerprint density at radius 2 is 2.06 bits per heavy atom. The van der Waals surface area contributed by atoms with E-state index < -0.39 is 5.82 Å². The molecule has 2 aromatic rings. The van der Waals surface area contributed by atoms with Crippen LogP contribution in [-0.4, -0.2) is 4.98 Å². The van der Waals surface area contributed by atoms with Gasteiger partial charge in [-0.3, -0.25) is 0 Å². The van der Waals surface area contributed by atoms with Crippen LogP contribution in [0.3, 0.4) is 0 Å². The molecule has 0 aliphatic heterocycles. The second-order valence-corrected chi connectivity index (χ2v) is 4.45. The van der Waals surface area contributed by atoms with Crippen molar-refractivity contribution in [3.63, 3.8) is 0 Å². The molecule has 0 aliphatic carbocycles. The van der Waals surface area contributed by atoms with Crippen molar-refractivity contribution >= 4 is 28.3 Å². The molecular weight excluding hydrogens is 227 g/mol. The summed E-state index contributed by atoms with van der Waals surface area (Å²) in [5, 5.41) is 1.10. The van der Waals surface area contributed by atoms with E-state index in [-0.39, 0.29) is 11.4 Å². The first-order valence-electron chi connectivity index (χ1n) is 5.05. The highest BCUT2D eigenvalue weighted by molar-refractivity contribution is 6.35. The van der Waals surface area contributed by atoms with E-state index in [1.54, 1.807) is 0 Å². The first-order valence-corrected chi connectivity index (χ1v) is 5.42. The molecule has 0 radical (unpaired) electrons. The predicted molar refractivity (Wildman–Crippen MR) is 65.2 cm³/mol. The number of nitrogens with two attached hydrogens (primary N) is 1. The quantitative estimate of drug-likeness (QED) is 0.822. The number of anilines is 1. The van der Waals surface area contributed by atoms with Gasteiger partial charge in [-0.15, -0.1) is 0 Å². The third-order valence-electron chi connectivity index (χ3n) is 2.56. The van der Waals surface area contributed by atoms with Crippen LogP contribution >= 0.6 is 11.6 Å². The standard InChI is InChI=1S/C12H12ClFN2/c1-6(2)7-5-8-9(13)3-4-10(14)11(8)16-12(7)15/h3-6H,1-2H3,(H2,15,16). The molecule has 0 aliphatic rings. The van der Waals surface area contributed by atoms with Gasteiger partial charge < -0.3 is 5.73 Å². The molecule has 1 heterocycles. The van der Waals surface area contributed by atoms with Crippen LogP contribution in [0.2, 0.25) is 5.02 Å². The second-order valence-electron chi connectivity index (χ2n) is 4.04. The first-order chi connectivity index (χ1) is 7.50. The van der Waals surface area contributed by atoms with Gasteiger partial charge >= 0.3 is 0 Å². The van der Waals surface area contributed by atoms with Crippen LogP contribution in [0.1, 0.15) is 25.3 Å². The van der Waals surface area contributed by atoms with Gasteiger partial charge in [0.1, 0.15) is 17.2 Å². The third kappa shape index (κ3) is 1.71. The summed E-state index contributed by atoms with van der Waals surface area (Å²) in [6, 6.07) is 4.64. The van der Waals surface area contributed by atoms with Crippen molar-refractivity contribution in [3.05, 3.63) is 34.6 Å². The van der Waals surface area contributed by atoms with Crippen molar-refractivity contribution in [2.45, 2.75) is 19.8 Å². The molecule has 84 valence electrons. The van der Waals surface area contributed by atoms with Crippen LogP contribution in [0.25, 0.3) is 10.9 Å². The van der Waals surface area contributed by atoms with Gasteiger partial charge in [0.25, 0.3) is 0 Å². The SMILES string of the molecule is CC(C)c1cc2c(Cl)ccc(F)c2nc1N. The van der Waals surface area contributed by atoms with E-state index in [1.165, 1.54) is 12.1 Å². The zero-order chi connectivity index (χ0) is 11.9. The summed E-state index contributed by atoms with van der Waals surface area (Å²) in [7, 11) is 0. The van der Waals surface area contributed by atoms with E-state index in [0.717, 1.165) is 5.56 Å². The number of aromatic nitrogens is 1. The Morgan fingerprint density at radius 3 is 2.69 bits per heavy atom. The molecule has 0 atom stereocenters. The minimum absolute atomic E-state index is 0.231. The van der Waals surface area contributed by atoms with Gasteiger partial charge in [0.15, 0.2) is 0 Å². The smallest absolute Gasteiger partial charge is 0.149 e. The highest BCUT2D eigenvalue weighted by atomic mass is 35.5. The van der Waals surface area contributed by atoms with Crippen LogP contribution in [-0.2, 0) is 0 Å². The Kier molecular flexibility index (Phi) is 2.72. The topological polar surface area (TPSA) is 38.9 Å². The normalized spacial score (nSPS) is 11.3. The van der Waals surface area contributed by atoms with Gasteiger partial charge in [0, 0.05) is 5.39 Å². The summed E-state index contributed by atoms with van der Waals surface area (Å²) in [4.78, 5) is 4.08. The van der Waals surface area contributed by atoms with E-state index in [2.05, 4.69) is 4.98 Å². The largest absolute Gasteiger partial charge is 0.383 e. The van der Waals surface area contributed by atoms with E-state index in [0.29, 0.717) is 16.2 Å². The maximum atomic E-state index is 13.5. The first kappa shape index (κ1) is 11.1.